The molecule has 1 heterocycles. The summed E-state index contributed by atoms with van der Waals surface area (Å²) >= 11 is 0. The Morgan fingerprint density at radius 2 is 1.48 bits per heavy atom. The van der Waals surface area contributed by atoms with E-state index in [4.69, 9.17) is 5.26 Å². The third-order valence-corrected chi connectivity index (χ3v) is 2.93. The van der Waals surface area contributed by atoms with E-state index in [2.05, 4.69) is 4.98 Å². The molecule has 0 unspecified atom stereocenters. The number of nitriles is 1. The van der Waals surface area contributed by atoms with Gasteiger partial charge in [-0.1, -0.05) is 6.07 Å². The van der Waals surface area contributed by atoms with Gasteiger partial charge in [-0.3, -0.25) is 4.98 Å². The fourth-order valence-electron chi connectivity index (χ4n) is 1.83. The van der Waals surface area contributed by atoms with Crippen molar-refractivity contribution in [3.05, 3.63) is 52.5 Å². The van der Waals surface area contributed by atoms with Crippen LogP contribution in [0.1, 0.15) is 11.3 Å². The second-order valence-electron chi connectivity index (χ2n) is 4.22. The number of hydrogen-bond donors (Lipinski definition) is 0. The first-order valence-corrected chi connectivity index (χ1v) is 5.73. The molecule has 0 amide bonds. The molecular weight excluding hydrogens is 291 g/mol. The Hall–Kier alpha value is -2.49. The van der Waals surface area contributed by atoms with Gasteiger partial charge in [0.15, 0.2) is 23.3 Å². The highest BCUT2D eigenvalue weighted by Gasteiger charge is 2.27. The Kier molecular flexibility index (Phi) is 3.89. The highest BCUT2D eigenvalue weighted by Crippen LogP contribution is 2.30. The Balaban J connectivity index is 2.69. The van der Waals surface area contributed by atoms with Crippen LogP contribution >= 0.6 is 0 Å². The van der Waals surface area contributed by atoms with E-state index in [1.165, 1.54) is 13.0 Å². The number of hydrogen-bond acceptors (Lipinski definition) is 2. The SMILES string of the molecule is Cc1nc(-c2c(F)c(F)c(F)c(F)c2F)ccc1CC#N. The van der Waals surface area contributed by atoms with Crippen LogP contribution in [0.5, 0.6) is 0 Å². The first kappa shape index (κ1) is 14.9. The zero-order chi connectivity index (χ0) is 15.7. The summed E-state index contributed by atoms with van der Waals surface area (Å²) in [6, 6.07) is 4.34. The lowest BCUT2D eigenvalue weighted by Gasteiger charge is -2.09. The van der Waals surface area contributed by atoms with Crippen molar-refractivity contribution in [3.63, 3.8) is 0 Å². The molecule has 0 radical (unpaired) electrons. The predicted molar refractivity (Wildman–Crippen MR) is 63.5 cm³/mol. The zero-order valence-corrected chi connectivity index (χ0v) is 10.6. The molecule has 0 atom stereocenters. The van der Waals surface area contributed by atoms with Gasteiger partial charge in [0.05, 0.1) is 23.7 Å². The van der Waals surface area contributed by atoms with Crippen LogP contribution in [-0.4, -0.2) is 4.98 Å². The summed E-state index contributed by atoms with van der Waals surface area (Å²) in [4.78, 5) is 3.81. The van der Waals surface area contributed by atoms with Crippen LogP contribution in [0, 0.1) is 47.3 Å². The lowest BCUT2D eigenvalue weighted by molar-refractivity contribution is 0.381. The van der Waals surface area contributed by atoms with Crippen LogP contribution in [0.3, 0.4) is 0 Å². The summed E-state index contributed by atoms with van der Waals surface area (Å²) < 4.78 is 66.6. The van der Waals surface area contributed by atoms with Crippen molar-refractivity contribution in [2.75, 3.05) is 0 Å². The van der Waals surface area contributed by atoms with Crippen molar-refractivity contribution in [1.82, 2.24) is 4.98 Å². The van der Waals surface area contributed by atoms with Gasteiger partial charge in [-0.25, -0.2) is 22.0 Å². The molecule has 21 heavy (non-hydrogen) atoms. The number of aryl methyl sites for hydroxylation is 1. The normalized spacial score (nSPS) is 10.5. The maximum Gasteiger partial charge on any atom is 0.200 e. The van der Waals surface area contributed by atoms with E-state index in [-0.39, 0.29) is 17.8 Å². The lowest BCUT2D eigenvalue weighted by atomic mass is 10.1. The van der Waals surface area contributed by atoms with E-state index >= 15 is 0 Å². The summed E-state index contributed by atoms with van der Waals surface area (Å²) in [7, 11) is 0. The van der Waals surface area contributed by atoms with Gasteiger partial charge in [0.25, 0.3) is 0 Å². The molecule has 0 bridgehead atoms. The monoisotopic (exact) mass is 298 g/mol. The van der Waals surface area contributed by atoms with Gasteiger partial charge in [-0.2, -0.15) is 5.26 Å². The lowest BCUT2D eigenvalue weighted by Crippen LogP contribution is -2.05. The largest absolute Gasteiger partial charge is 0.253 e. The van der Waals surface area contributed by atoms with Gasteiger partial charge in [0.2, 0.25) is 5.82 Å². The van der Waals surface area contributed by atoms with Crippen molar-refractivity contribution in [2.45, 2.75) is 13.3 Å². The maximum atomic E-state index is 13.7. The van der Waals surface area contributed by atoms with Crippen molar-refractivity contribution >= 4 is 0 Å². The summed E-state index contributed by atoms with van der Waals surface area (Å²) in [6.07, 6.45) is 0.0240. The number of aromatic nitrogens is 1. The molecule has 2 aromatic rings. The molecule has 2 rings (SSSR count). The van der Waals surface area contributed by atoms with E-state index in [9.17, 15) is 22.0 Å². The molecule has 0 aliphatic heterocycles. The van der Waals surface area contributed by atoms with Gasteiger partial charge >= 0.3 is 0 Å². The molecule has 0 saturated carbocycles. The van der Waals surface area contributed by atoms with Crippen molar-refractivity contribution in [3.8, 4) is 17.3 Å². The number of pyridine rings is 1. The highest BCUT2D eigenvalue weighted by atomic mass is 19.2. The van der Waals surface area contributed by atoms with Crippen LogP contribution in [-0.2, 0) is 6.42 Å². The number of rotatable bonds is 2. The minimum atomic E-state index is -2.22. The van der Waals surface area contributed by atoms with Crippen molar-refractivity contribution < 1.29 is 22.0 Å². The molecule has 1 aromatic carbocycles. The summed E-state index contributed by atoms with van der Waals surface area (Å²) in [5.41, 5.74) is -0.692. The van der Waals surface area contributed by atoms with Crippen molar-refractivity contribution in [2.24, 2.45) is 0 Å². The Morgan fingerprint density at radius 3 is 1.95 bits per heavy atom. The zero-order valence-electron chi connectivity index (χ0n) is 10.6. The summed E-state index contributed by atoms with van der Waals surface area (Å²) in [6.45, 7) is 1.47. The topological polar surface area (TPSA) is 36.7 Å². The standard InChI is InChI=1S/C14H7F5N2/c1-6-7(4-5-20)2-3-8(21-6)9-10(15)12(17)14(19)13(18)11(9)16/h2-3H,4H2,1H3. The first-order valence-electron chi connectivity index (χ1n) is 5.73. The van der Waals surface area contributed by atoms with Gasteiger partial charge in [0.1, 0.15) is 0 Å². The predicted octanol–water partition coefficient (Wildman–Crippen LogP) is 3.82. The van der Waals surface area contributed by atoms with E-state index in [0.29, 0.717) is 5.56 Å². The molecule has 0 aliphatic rings. The fraction of sp³-hybridized carbons (Fsp3) is 0.143. The summed E-state index contributed by atoms with van der Waals surface area (Å²) in [5, 5.41) is 8.58. The van der Waals surface area contributed by atoms with Crippen LogP contribution < -0.4 is 0 Å². The molecule has 108 valence electrons. The fourth-order valence-corrected chi connectivity index (χ4v) is 1.83. The minimum Gasteiger partial charge on any atom is -0.253 e. The number of halogens is 5. The highest BCUT2D eigenvalue weighted by molar-refractivity contribution is 5.62. The number of benzene rings is 1. The summed E-state index contributed by atoms with van der Waals surface area (Å²) in [5.74, 6) is -10.1. The smallest absolute Gasteiger partial charge is 0.200 e. The van der Waals surface area contributed by atoms with E-state index in [1.54, 1.807) is 0 Å². The second-order valence-corrected chi connectivity index (χ2v) is 4.22. The number of nitrogens with zero attached hydrogens (tertiary/aromatic N) is 2. The Bertz CT molecular complexity index is 736. The van der Waals surface area contributed by atoms with Gasteiger partial charge < -0.3 is 0 Å². The second kappa shape index (κ2) is 5.48. The quantitative estimate of drug-likeness (QED) is 0.480. The Morgan fingerprint density at radius 1 is 0.952 bits per heavy atom. The molecule has 7 heteroatoms. The maximum absolute atomic E-state index is 13.7. The van der Waals surface area contributed by atoms with Gasteiger partial charge in [-0.15, -0.1) is 0 Å². The molecule has 1 aromatic heterocycles. The van der Waals surface area contributed by atoms with Gasteiger partial charge in [-0.05, 0) is 18.6 Å². The Labute approximate surface area is 116 Å². The molecule has 2 nitrogen and oxygen atoms in total. The van der Waals surface area contributed by atoms with E-state index in [0.717, 1.165) is 6.07 Å². The van der Waals surface area contributed by atoms with Crippen LogP contribution in [0.4, 0.5) is 22.0 Å². The van der Waals surface area contributed by atoms with E-state index < -0.39 is 34.6 Å². The van der Waals surface area contributed by atoms with Crippen LogP contribution in [0.2, 0.25) is 0 Å². The molecule has 0 saturated heterocycles. The average molecular weight is 298 g/mol. The molecule has 0 fully saturated rings. The first-order chi connectivity index (χ1) is 9.88. The molecule has 0 spiro atoms. The molecule has 0 aliphatic carbocycles. The van der Waals surface area contributed by atoms with Crippen LogP contribution in [0.15, 0.2) is 12.1 Å². The van der Waals surface area contributed by atoms with E-state index in [1.807, 2.05) is 6.07 Å². The third-order valence-electron chi connectivity index (χ3n) is 2.93. The average Bonchev–Trinajstić information content (AvgIpc) is 2.46. The molecule has 0 N–H and O–H groups in total. The van der Waals surface area contributed by atoms with Gasteiger partial charge in [0, 0.05) is 5.69 Å². The van der Waals surface area contributed by atoms with Crippen LogP contribution in [0.25, 0.3) is 11.3 Å². The third kappa shape index (κ3) is 2.44. The molecular formula is C14H7F5N2. The van der Waals surface area contributed by atoms with Crippen molar-refractivity contribution in [1.29, 1.82) is 5.26 Å². The minimum absolute atomic E-state index is 0.0240.